The summed E-state index contributed by atoms with van der Waals surface area (Å²) in [4.78, 5) is 23.8. The molecule has 0 heterocycles. The summed E-state index contributed by atoms with van der Waals surface area (Å²) in [6.45, 7) is 4.57. The highest BCUT2D eigenvalue weighted by atomic mass is 27.2. The van der Waals surface area contributed by atoms with Crippen molar-refractivity contribution in [1.29, 1.82) is 0 Å². The molecule has 5 heteroatoms. The number of carbonyl (C=O) groups excluding carboxylic acids is 2. The second kappa shape index (κ2) is 39.7. The van der Waals surface area contributed by atoms with Gasteiger partial charge in [-0.15, -0.1) is 0 Å². The van der Waals surface area contributed by atoms with E-state index in [-0.39, 0.29) is 11.9 Å². The van der Waals surface area contributed by atoms with Gasteiger partial charge in [0.15, 0.2) is 0 Å². The lowest BCUT2D eigenvalue weighted by molar-refractivity contribution is -0.139. The molecule has 0 aliphatic heterocycles. The topological polar surface area (TPSA) is 52.6 Å². The molecule has 45 heavy (non-hydrogen) atoms. The molecule has 0 spiro atoms. The fourth-order valence-corrected chi connectivity index (χ4v) is 6.74. The van der Waals surface area contributed by atoms with Crippen LogP contribution < -0.4 is 0 Å². The van der Waals surface area contributed by atoms with Crippen molar-refractivity contribution in [3.8, 4) is 0 Å². The molecule has 0 atom stereocenters. The number of rotatable bonds is 38. The van der Waals surface area contributed by atoms with E-state index in [1.54, 1.807) is 0 Å². The molecular weight excluding hydrogens is 571 g/mol. The van der Waals surface area contributed by atoms with Gasteiger partial charge in [0, 0.05) is 12.8 Å². The Morgan fingerprint density at radius 1 is 0.311 bits per heavy atom. The van der Waals surface area contributed by atoms with Crippen LogP contribution in [0.5, 0.6) is 0 Å². The summed E-state index contributed by atoms with van der Waals surface area (Å²) in [5.41, 5.74) is 0. The predicted octanol–water partition coefficient (Wildman–Crippen LogP) is 13.7. The highest BCUT2D eigenvalue weighted by Gasteiger charge is 2.13. The van der Waals surface area contributed by atoms with Gasteiger partial charge in [0.2, 0.25) is 0 Å². The number of hydrogen-bond acceptors (Lipinski definition) is 4. The molecule has 265 valence electrons. The van der Waals surface area contributed by atoms with Crippen LogP contribution in [0.15, 0.2) is 0 Å². The monoisotopic (exact) mass is 650 g/mol. The van der Waals surface area contributed by atoms with Gasteiger partial charge in [-0.25, -0.2) is 0 Å². The molecule has 1 radical (unpaired) electrons. The van der Waals surface area contributed by atoms with Gasteiger partial charge < -0.3 is 7.58 Å². The Hall–Kier alpha value is -0.528. The van der Waals surface area contributed by atoms with Gasteiger partial charge in [-0.2, -0.15) is 0 Å². The van der Waals surface area contributed by atoms with Crippen LogP contribution in [0.25, 0.3) is 0 Å². The maximum Gasteiger partial charge on any atom is 0.885 e. The van der Waals surface area contributed by atoms with Gasteiger partial charge >= 0.3 is 15.9 Å². The molecule has 0 rings (SSSR count). The van der Waals surface area contributed by atoms with Gasteiger partial charge in [-0.3, -0.25) is 9.59 Å². The molecule has 4 nitrogen and oxygen atoms in total. The summed E-state index contributed by atoms with van der Waals surface area (Å²) in [7, 11) is 0. The molecule has 0 fully saturated rings. The molecule has 0 saturated carbocycles. The highest BCUT2D eigenvalue weighted by molar-refractivity contribution is 6.25. The first-order valence-electron chi connectivity index (χ1n) is 20.4. The number of hydrogen-bond donors (Lipinski definition) is 0. The van der Waals surface area contributed by atoms with Crippen molar-refractivity contribution in [2.24, 2.45) is 0 Å². The Bertz CT molecular complexity index is 547. The largest absolute Gasteiger partial charge is 0.885 e. The molecule has 0 bridgehead atoms. The van der Waals surface area contributed by atoms with Crippen LogP contribution in [0.4, 0.5) is 0 Å². The van der Waals surface area contributed by atoms with Crippen molar-refractivity contribution in [3.05, 3.63) is 0 Å². The van der Waals surface area contributed by atoms with Gasteiger partial charge in [0.1, 0.15) is 0 Å². The van der Waals surface area contributed by atoms with Crippen LogP contribution in [0.1, 0.15) is 245 Å². The van der Waals surface area contributed by atoms with E-state index in [0.717, 1.165) is 25.7 Å². The molecule has 0 unspecified atom stereocenters. The van der Waals surface area contributed by atoms with Gasteiger partial charge in [-0.05, 0) is 12.8 Å². The maximum absolute atomic E-state index is 11.9. The van der Waals surface area contributed by atoms with Crippen molar-refractivity contribution < 1.29 is 17.2 Å². The third-order valence-corrected chi connectivity index (χ3v) is 10.0. The molecule has 0 saturated heterocycles. The van der Waals surface area contributed by atoms with E-state index in [4.69, 9.17) is 7.58 Å². The van der Waals surface area contributed by atoms with Crippen LogP contribution >= 0.6 is 0 Å². The summed E-state index contributed by atoms with van der Waals surface area (Å²) < 4.78 is 10.4. The molecule has 0 aromatic carbocycles. The summed E-state index contributed by atoms with van der Waals surface area (Å²) in [6.07, 6.45) is 46.2. The zero-order valence-corrected chi connectivity index (χ0v) is 31.8. The Balaban J connectivity index is 3.25. The molecule has 0 aliphatic rings. The van der Waals surface area contributed by atoms with E-state index >= 15 is 0 Å². The fourth-order valence-electron chi connectivity index (χ4n) is 6.24. The van der Waals surface area contributed by atoms with E-state index in [9.17, 15) is 9.59 Å². The second-order valence-electron chi connectivity index (χ2n) is 13.9. The van der Waals surface area contributed by atoms with Crippen molar-refractivity contribution in [2.75, 3.05) is 0 Å². The molecule has 0 aliphatic carbocycles. The third-order valence-electron chi connectivity index (χ3n) is 9.33. The second-order valence-corrected chi connectivity index (χ2v) is 14.6. The zero-order chi connectivity index (χ0) is 32.7. The first-order chi connectivity index (χ1) is 22.2. The summed E-state index contributed by atoms with van der Waals surface area (Å²) in [5, 5.41) is 0. The predicted molar refractivity (Wildman–Crippen MR) is 195 cm³/mol. The van der Waals surface area contributed by atoms with E-state index in [0.29, 0.717) is 12.8 Å². The Labute approximate surface area is 289 Å². The van der Waals surface area contributed by atoms with Gasteiger partial charge in [-0.1, -0.05) is 219 Å². The zero-order valence-electron chi connectivity index (χ0n) is 30.7. The number of unbranched alkanes of at least 4 members (excludes halogenated alkanes) is 32. The van der Waals surface area contributed by atoms with Crippen molar-refractivity contribution in [1.82, 2.24) is 0 Å². The van der Waals surface area contributed by atoms with Crippen LogP contribution in [0.3, 0.4) is 0 Å². The lowest BCUT2D eigenvalue weighted by atomic mass is 10.0. The molecule has 0 aromatic heterocycles. The number of carbonyl (C=O) groups is 2. The minimum atomic E-state index is -1.00. The minimum absolute atomic E-state index is 0.212. The van der Waals surface area contributed by atoms with Crippen molar-refractivity contribution in [2.45, 2.75) is 245 Å². The average Bonchev–Trinajstić information content (AvgIpc) is 3.04. The normalized spacial score (nSPS) is 11.2. The van der Waals surface area contributed by atoms with E-state index in [1.807, 2.05) is 0 Å². The standard InChI is InChI=1S/2C20H40O2.Al/c2*1-2-3-4-5-6-7-8-9-10-11-12-13-14-15-16-17-18-19-20(21)22;/h2*2-19H2,1H3,(H,21,22);/q;;+2/p-2. The molecule has 0 N–H and O–H groups in total. The lowest BCUT2D eigenvalue weighted by Crippen LogP contribution is -2.15. The Morgan fingerprint density at radius 2 is 0.489 bits per heavy atom. The third kappa shape index (κ3) is 39.6. The summed E-state index contributed by atoms with van der Waals surface area (Å²) >= 11 is -1.00. The quantitative estimate of drug-likeness (QED) is 0.0493. The SMILES string of the molecule is CCCCCCCCCCCCCCCCCCCC(=O)[O][Al][O]C(=O)CCCCCCCCCCCCCCCCCCC. The van der Waals surface area contributed by atoms with Gasteiger partial charge in [0.25, 0.3) is 11.9 Å². The molecule has 0 aromatic rings. The van der Waals surface area contributed by atoms with E-state index in [1.165, 1.54) is 193 Å². The molecule has 0 amide bonds. The first kappa shape index (κ1) is 44.5. The smallest absolute Gasteiger partial charge is 0.589 e. The van der Waals surface area contributed by atoms with Crippen molar-refractivity contribution >= 4 is 27.8 Å². The summed E-state index contributed by atoms with van der Waals surface area (Å²) in [6, 6.07) is 0. The van der Waals surface area contributed by atoms with Crippen molar-refractivity contribution in [3.63, 3.8) is 0 Å². The Morgan fingerprint density at radius 3 is 0.689 bits per heavy atom. The lowest BCUT2D eigenvalue weighted by Gasteiger charge is -2.07. The first-order valence-corrected chi connectivity index (χ1v) is 21.4. The van der Waals surface area contributed by atoms with Crippen LogP contribution in [-0.4, -0.2) is 27.8 Å². The average molecular weight is 650 g/mol. The molecular formula is C40H78AlO4. The van der Waals surface area contributed by atoms with Crippen LogP contribution in [0, 0.1) is 0 Å². The van der Waals surface area contributed by atoms with E-state index < -0.39 is 15.9 Å². The Kier molecular flexibility index (Phi) is 39.2. The fraction of sp³-hybridized carbons (Fsp3) is 0.950. The maximum atomic E-state index is 11.9. The van der Waals surface area contributed by atoms with Crippen LogP contribution in [-0.2, 0) is 17.2 Å². The van der Waals surface area contributed by atoms with E-state index in [2.05, 4.69) is 13.8 Å². The van der Waals surface area contributed by atoms with Crippen LogP contribution in [0.2, 0.25) is 0 Å². The summed E-state index contributed by atoms with van der Waals surface area (Å²) in [5.74, 6) is -0.423. The minimum Gasteiger partial charge on any atom is -0.589 e. The highest BCUT2D eigenvalue weighted by Crippen LogP contribution is 2.16. The van der Waals surface area contributed by atoms with Gasteiger partial charge in [0.05, 0.1) is 0 Å².